The van der Waals surface area contributed by atoms with Crippen molar-refractivity contribution in [1.29, 1.82) is 0 Å². The summed E-state index contributed by atoms with van der Waals surface area (Å²) >= 11 is 0. The minimum Gasteiger partial charge on any atom is -0.487 e. The van der Waals surface area contributed by atoms with Crippen LogP contribution in [0.2, 0.25) is 0 Å². The second kappa shape index (κ2) is 7.65. The maximum Gasteiger partial charge on any atom is 0.123 e. The Balaban J connectivity index is 1.29. The highest BCUT2D eigenvalue weighted by Crippen LogP contribution is 2.35. The number of rotatable bonds is 8. The number of ether oxygens (including phenoxy) is 3. The summed E-state index contributed by atoms with van der Waals surface area (Å²) in [5.41, 5.74) is 2.59. The van der Waals surface area contributed by atoms with E-state index < -0.39 is 0 Å². The molecule has 0 saturated carbocycles. The molecular weight excluding hydrogens is 290 g/mol. The first kappa shape index (κ1) is 16.7. The molecule has 0 radical (unpaired) electrons. The molecule has 3 rings (SSSR count). The maximum atomic E-state index is 5.91. The summed E-state index contributed by atoms with van der Waals surface area (Å²) in [4.78, 5) is 0. The molecule has 1 N–H and O–H groups in total. The molecule has 2 aliphatic heterocycles. The van der Waals surface area contributed by atoms with Gasteiger partial charge in [-0.2, -0.15) is 0 Å². The number of hydrogen-bond acceptors (Lipinski definition) is 4. The van der Waals surface area contributed by atoms with Crippen molar-refractivity contribution in [2.45, 2.75) is 57.8 Å². The predicted molar refractivity (Wildman–Crippen MR) is 91.0 cm³/mol. The Labute approximate surface area is 139 Å². The van der Waals surface area contributed by atoms with Crippen LogP contribution in [-0.4, -0.2) is 38.1 Å². The van der Waals surface area contributed by atoms with Crippen LogP contribution in [0.1, 0.15) is 44.2 Å². The topological polar surface area (TPSA) is 39.7 Å². The molecule has 0 aromatic heterocycles. The zero-order valence-electron chi connectivity index (χ0n) is 14.4. The fraction of sp³-hybridized carbons (Fsp3) is 0.684. The van der Waals surface area contributed by atoms with E-state index in [4.69, 9.17) is 14.2 Å². The SMILES string of the molecule is CC1(C)Cc2cc(CNCCCOCC3CCCO3)ccc2O1. The van der Waals surface area contributed by atoms with Crippen molar-refractivity contribution in [2.24, 2.45) is 0 Å². The zero-order valence-corrected chi connectivity index (χ0v) is 14.4. The largest absolute Gasteiger partial charge is 0.487 e. The zero-order chi connectivity index (χ0) is 16.1. The fourth-order valence-corrected chi connectivity index (χ4v) is 3.30. The van der Waals surface area contributed by atoms with E-state index in [0.717, 1.165) is 57.9 Å². The average Bonchev–Trinajstić information content (AvgIpc) is 3.11. The van der Waals surface area contributed by atoms with Crippen LogP contribution in [0.15, 0.2) is 18.2 Å². The Kier molecular flexibility index (Phi) is 5.57. The monoisotopic (exact) mass is 319 g/mol. The van der Waals surface area contributed by atoms with E-state index in [1.54, 1.807) is 0 Å². The molecule has 1 atom stereocenters. The van der Waals surface area contributed by atoms with Crippen LogP contribution in [0, 0.1) is 0 Å². The third-order valence-electron chi connectivity index (χ3n) is 4.43. The molecule has 4 heteroatoms. The van der Waals surface area contributed by atoms with Crippen LogP contribution < -0.4 is 10.1 Å². The number of hydrogen-bond donors (Lipinski definition) is 1. The van der Waals surface area contributed by atoms with Gasteiger partial charge in [-0.3, -0.25) is 0 Å². The normalized spacial score (nSPS) is 22.1. The van der Waals surface area contributed by atoms with Gasteiger partial charge < -0.3 is 19.5 Å². The lowest BCUT2D eigenvalue weighted by Crippen LogP contribution is -2.24. The quantitative estimate of drug-likeness (QED) is 0.748. The summed E-state index contributed by atoms with van der Waals surface area (Å²) in [6.45, 7) is 8.62. The van der Waals surface area contributed by atoms with Crippen molar-refractivity contribution in [3.63, 3.8) is 0 Å². The lowest BCUT2D eigenvalue weighted by molar-refractivity contribution is 0.0166. The highest BCUT2D eigenvalue weighted by Gasteiger charge is 2.29. The molecule has 1 saturated heterocycles. The molecule has 1 aromatic rings. The van der Waals surface area contributed by atoms with Crippen LogP contribution in [0.4, 0.5) is 0 Å². The lowest BCUT2D eigenvalue weighted by Gasteiger charge is -2.16. The molecule has 128 valence electrons. The van der Waals surface area contributed by atoms with Gasteiger partial charge in [-0.1, -0.05) is 12.1 Å². The van der Waals surface area contributed by atoms with Crippen molar-refractivity contribution in [2.75, 3.05) is 26.4 Å². The Bertz CT molecular complexity index is 509. The summed E-state index contributed by atoms with van der Waals surface area (Å²) in [5.74, 6) is 1.04. The van der Waals surface area contributed by atoms with Gasteiger partial charge in [0, 0.05) is 26.2 Å². The van der Waals surface area contributed by atoms with Crippen molar-refractivity contribution < 1.29 is 14.2 Å². The first-order chi connectivity index (χ1) is 11.1. The Hall–Kier alpha value is -1.10. The Morgan fingerprint density at radius 2 is 2.26 bits per heavy atom. The van der Waals surface area contributed by atoms with Gasteiger partial charge in [-0.15, -0.1) is 0 Å². The molecular formula is C19H29NO3. The van der Waals surface area contributed by atoms with Crippen LogP contribution >= 0.6 is 0 Å². The van der Waals surface area contributed by atoms with Crippen molar-refractivity contribution >= 4 is 0 Å². The Morgan fingerprint density at radius 3 is 3.09 bits per heavy atom. The molecule has 0 amide bonds. The predicted octanol–water partition coefficient (Wildman–Crippen LogP) is 3.08. The van der Waals surface area contributed by atoms with E-state index in [9.17, 15) is 0 Å². The third-order valence-corrected chi connectivity index (χ3v) is 4.43. The molecule has 0 aliphatic carbocycles. The molecule has 2 heterocycles. The van der Waals surface area contributed by atoms with Gasteiger partial charge in [0.25, 0.3) is 0 Å². The standard InChI is InChI=1S/C19H29NO3/c1-19(2)12-16-11-15(6-7-18(16)23-19)13-20-8-4-9-21-14-17-5-3-10-22-17/h6-7,11,17,20H,3-5,8-10,12-14H2,1-2H3. The van der Waals surface area contributed by atoms with Gasteiger partial charge in [0.2, 0.25) is 0 Å². The van der Waals surface area contributed by atoms with E-state index in [1.807, 2.05) is 0 Å². The highest BCUT2D eigenvalue weighted by molar-refractivity contribution is 5.41. The van der Waals surface area contributed by atoms with Crippen molar-refractivity contribution in [3.05, 3.63) is 29.3 Å². The van der Waals surface area contributed by atoms with Crippen LogP contribution in [0.3, 0.4) is 0 Å². The second-order valence-electron chi connectivity index (χ2n) is 7.22. The first-order valence-corrected chi connectivity index (χ1v) is 8.83. The van der Waals surface area contributed by atoms with Crippen LogP contribution in [0.5, 0.6) is 5.75 Å². The van der Waals surface area contributed by atoms with E-state index in [2.05, 4.69) is 37.4 Å². The average molecular weight is 319 g/mol. The van der Waals surface area contributed by atoms with Gasteiger partial charge in [-0.25, -0.2) is 0 Å². The lowest BCUT2D eigenvalue weighted by atomic mass is 10.0. The van der Waals surface area contributed by atoms with E-state index in [0.29, 0.717) is 6.10 Å². The van der Waals surface area contributed by atoms with E-state index in [1.165, 1.54) is 17.5 Å². The van der Waals surface area contributed by atoms with E-state index >= 15 is 0 Å². The number of fused-ring (bicyclic) bond motifs is 1. The van der Waals surface area contributed by atoms with Crippen LogP contribution in [0.25, 0.3) is 0 Å². The summed E-state index contributed by atoms with van der Waals surface area (Å²) < 4.78 is 17.1. The van der Waals surface area contributed by atoms with Crippen molar-refractivity contribution in [3.8, 4) is 5.75 Å². The number of benzene rings is 1. The molecule has 0 bridgehead atoms. The minimum atomic E-state index is -0.0608. The van der Waals surface area contributed by atoms with Crippen molar-refractivity contribution in [1.82, 2.24) is 5.32 Å². The highest BCUT2D eigenvalue weighted by atomic mass is 16.5. The summed E-state index contributed by atoms with van der Waals surface area (Å²) in [7, 11) is 0. The number of nitrogens with one attached hydrogen (secondary N) is 1. The molecule has 2 aliphatic rings. The van der Waals surface area contributed by atoms with Gasteiger partial charge >= 0.3 is 0 Å². The Morgan fingerprint density at radius 1 is 1.35 bits per heavy atom. The van der Waals surface area contributed by atoms with Gasteiger partial charge in [0.15, 0.2) is 0 Å². The molecule has 4 nitrogen and oxygen atoms in total. The fourth-order valence-electron chi connectivity index (χ4n) is 3.30. The molecule has 1 aromatic carbocycles. The molecule has 0 spiro atoms. The molecule has 1 unspecified atom stereocenters. The van der Waals surface area contributed by atoms with Gasteiger partial charge in [0.05, 0.1) is 12.7 Å². The smallest absolute Gasteiger partial charge is 0.123 e. The summed E-state index contributed by atoms with van der Waals surface area (Å²) in [6, 6.07) is 6.53. The first-order valence-electron chi connectivity index (χ1n) is 8.83. The summed E-state index contributed by atoms with van der Waals surface area (Å²) in [6.07, 6.45) is 4.69. The van der Waals surface area contributed by atoms with E-state index in [-0.39, 0.29) is 5.60 Å². The second-order valence-corrected chi connectivity index (χ2v) is 7.22. The van der Waals surface area contributed by atoms with Gasteiger partial charge in [0.1, 0.15) is 11.4 Å². The summed E-state index contributed by atoms with van der Waals surface area (Å²) in [5, 5.41) is 3.49. The minimum absolute atomic E-state index is 0.0608. The molecule has 23 heavy (non-hydrogen) atoms. The maximum absolute atomic E-state index is 5.91. The van der Waals surface area contributed by atoms with Crippen LogP contribution in [-0.2, 0) is 22.4 Å². The third kappa shape index (κ3) is 4.93. The van der Waals surface area contributed by atoms with Gasteiger partial charge in [-0.05, 0) is 56.8 Å². The molecule has 1 fully saturated rings.